The number of nitrogens with zero attached hydrogens (tertiary/aromatic N) is 1. The zero-order valence-electron chi connectivity index (χ0n) is 17.5. The van der Waals surface area contributed by atoms with Crippen LogP contribution in [0.3, 0.4) is 0 Å². The van der Waals surface area contributed by atoms with Crippen LogP contribution in [-0.2, 0) is 20.2 Å². The first-order chi connectivity index (χ1) is 15.2. The third-order valence-corrected chi connectivity index (χ3v) is 7.06. The summed E-state index contributed by atoms with van der Waals surface area (Å²) in [7, 11) is -3.89. The van der Waals surface area contributed by atoms with E-state index in [1.165, 1.54) is 6.07 Å². The molecule has 2 unspecified atom stereocenters. The van der Waals surface area contributed by atoms with Gasteiger partial charge in [0.05, 0.1) is 16.5 Å². The molecule has 2 atom stereocenters. The highest BCUT2D eigenvalue weighted by molar-refractivity contribution is 7.89. The predicted molar refractivity (Wildman–Crippen MR) is 124 cm³/mol. The molecule has 6 N–H and O–H groups in total. The van der Waals surface area contributed by atoms with Gasteiger partial charge in [0.2, 0.25) is 15.9 Å². The van der Waals surface area contributed by atoms with E-state index in [9.17, 15) is 13.2 Å². The van der Waals surface area contributed by atoms with Crippen LogP contribution in [0.5, 0.6) is 0 Å². The van der Waals surface area contributed by atoms with Gasteiger partial charge in [-0.1, -0.05) is 60.2 Å². The summed E-state index contributed by atoms with van der Waals surface area (Å²) >= 11 is 0. The molecular formula is C24H24N4O3S. The summed E-state index contributed by atoms with van der Waals surface area (Å²) in [5.41, 5.74) is 9.80. The minimum absolute atomic E-state index is 0.0585. The number of carbonyl (C=O) groups is 1. The maximum atomic E-state index is 12.5. The molecule has 164 valence electrons. The molecule has 0 bridgehead atoms. The van der Waals surface area contributed by atoms with Crippen molar-refractivity contribution >= 4 is 22.1 Å². The van der Waals surface area contributed by atoms with E-state index in [0.717, 1.165) is 22.3 Å². The second-order valence-corrected chi connectivity index (χ2v) is 9.69. The Morgan fingerprint density at radius 3 is 2.44 bits per heavy atom. The van der Waals surface area contributed by atoms with Gasteiger partial charge in [0.1, 0.15) is 0 Å². The summed E-state index contributed by atoms with van der Waals surface area (Å²) < 4.78 is 24.1. The van der Waals surface area contributed by atoms with Gasteiger partial charge in [-0.15, -0.1) is 0 Å². The predicted octanol–water partition coefficient (Wildman–Crippen LogP) is 2.51. The Morgan fingerprint density at radius 1 is 1.09 bits per heavy atom. The van der Waals surface area contributed by atoms with Gasteiger partial charge in [-0.25, -0.2) is 13.6 Å². The monoisotopic (exact) mass is 448 g/mol. The number of hydrogen-bond donors (Lipinski definition) is 3. The molecule has 1 amide bonds. The molecule has 32 heavy (non-hydrogen) atoms. The van der Waals surface area contributed by atoms with Crippen LogP contribution < -0.4 is 16.7 Å². The molecule has 0 radical (unpaired) electrons. The van der Waals surface area contributed by atoms with Crippen LogP contribution in [0, 0.1) is 6.92 Å². The van der Waals surface area contributed by atoms with Gasteiger partial charge in [-0.05, 0) is 47.7 Å². The van der Waals surface area contributed by atoms with Crippen molar-refractivity contribution in [2.75, 3.05) is 0 Å². The molecule has 0 aliphatic heterocycles. The van der Waals surface area contributed by atoms with Crippen molar-refractivity contribution in [2.45, 2.75) is 29.6 Å². The van der Waals surface area contributed by atoms with Crippen molar-refractivity contribution in [2.24, 2.45) is 21.8 Å². The van der Waals surface area contributed by atoms with Crippen LogP contribution in [0.1, 0.15) is 34.6 Å². The van der Waals surface area contributed by atoms with Crippen LogP contribution in [0.25, 0.3) is 11.1 Å². The van der Waals surface area contributed by atoms with E-state index in [4.69, 9.17) is 16.7 Å². The van der Waals surface area contributed by atoms with Crippen molar-refractivity contribution in [3.8, 4) is 11.1 Å². The van der Waals surface area contributed by atoms with Crippen LogP contribution >= 0.6 is 0 Å². The number of hydrogen-bond acceptors (Lipinski definition) is 5. The van der Waals surface area contributed by atoms with Crippen molar-refractivity contribution in [3.63, 3.8) is 0 Å². The van der Waals surface area contributed by atoms with Gasteiger partial charge in [0.15, 0.2) is 0 Å². The second-order valence-electron chi connectivity index (χ2n) is 8.16. The lowest BCUT2D eigenvalue weighted by molar-refractivity contribution is -0.120. The molecule has 1 aliphatic carbocycles. The lowest BCUT2D eigenvalue weighted by Crippen LogP contribution is -2.30. The summed E-state index contributed by atoms with van der Waals surface area (Å²) in [6.45, 7) is 1.88. The van der Waals surface area contributed by atoms with Crippen molar-refractivity contribution < 1.29 is 13.2 Å². The van der Waals surface area contributed by atoms with Crippen LogP contribution in [0.2, 0.25) is 0 Å². The number of benzene rings is 3. The molecule has 3 aromatic rings. The summed E-state index contributed by atoms with van der Waals surface area (Å²) in [6, 6.07) is 20.0. The van der Waals surface area contributed by atoms with Gasteiger partial charge in [0, 0.05) is 11.5 Å². The topological polar surface area (TPSA) is 142 Å². The number of sulfonamides is 1. The van der Waals surface area contributed by atoms with Crippen molar-refractivity contribution in [1.29, 1.82) is 0 Å². The van der Waals surface area contributed by atoms with E-state index in [-0.39, 0.29) is 10.8 Å². The van der Waals surface area contributed by atoms with Crippen molar-refractivity contribution in [3.05, 3.63) is 89.0 Å². The highest BCUT2D eigenvalue weighted by Gasteiger charge is 2.60. The molecule has 1 fully saturated rings. The standard InChI is InChI=1S/C24H24N4O3S/c1-15-5-10-22(32(27,30)31)20(11-15)17-6-8-19(9-7-17)24(23(25)29)13-21(24)18-4-2-3-16(12-18)14-28-26/h2-12,14,21H,13,26H2,1H3,(H2,25,29)(H2,27,30,31). The number of hydrazone groups is 1. The van der Waals surface area contributed by atoms with E-state index in [2.05, 4.69) is 5.10 Å². The SMILES string of the molecule is Cc1ccc(S(N)(=O)=O)c(-c2ccc(C3(C(N)=O)CC3c3cccc(C=NN)c3)cc2)c1. The maximum absolute atomic E-state index is 12.5. The van der Waals surface area contributed by atoms with E-state index < -0.39 is 21.3 Å². The zero-order valence-corrected chi connectivity index (χ0v) is 18.3. The molecule has 8 heteroatoms. The molecule has 4 rings (SSSR count). The Bertz CT molecular complexity index is 1330. The third-order valence-electron chi connectivity index (χ3n) is 6.09. The number of rotatable bonds is 6. The number of primary amides is 1. The van der Waals surface area contributed by atoms with Gasteiger partial charge in [-0.3, -0.25) is 4.79 Å². The molecule has 0 spiro atoms. The van der Waals surface area contributed by atoms with E-state index in [0.29, 0.717) is 17.5 Å². The second kappa shape index (κ2) is 7.89. The summed E-state index contributed by atoms with van der Waals surface area (Å²) in [5, 5.41) is 8.96. The zero-order chi connectivity index (χ0) is 23.1. The number of aryl methyl sites for hydroxylation is 1. The Morgan fingerprint density at radius 2 is 1.81 bits per heavy atom. The highest BCUT2D eigenvalue weighted by Crippen LogP contribution is 2.60. The quantitative estimate of drug-likeness (QED) is 0.302. The highest BCUT2D eigenvalue weighted by atomic mass is 32.2. The smallest absolute Gasteiger partial charge is 0.238 e. The van der Waals surface area contributed by atoms with Gasteiger partial charge in [-0.2, -0.15) is 5.10 Å². The van der Waals surface area contributed by atoms with Crippen LogP contribution in [0.4, 0.5) is 0 Å². The molecule has 0 aromatic heterocycles. The molecule has 3 aromatic carbocycles. The summed E-state index contributed by atoms with van der Waals surface area (Å²) in [6.07, 6.45) is 2.15. The Kier molecular flexibility index (Phi) is 5.36. The Labute approximate surface area is 187 Å². The van der Waals surface area contributed by atoms with Gasteiger partial charge in [0.25, 0.3) is 0 Å². The largest absolute Gasteiger partial charge is 0.369 e. The molecule has 0 saturated heterocycles. The first-order valence-corrected chi connectivity index (χ1v) is 11.6. The summed E-state index contributed by atoms with van der Waals surface area (Å²) in [4.78, 5) is 12.6. The first-order valence-electron chi connectivity index (χ1n) is 10.0. The van der Waals surface area contributed by atoms with E-state index in [1.54, 1.807) is 30.5 Å². The fourth-order valence-corrected chi connectivity index (χ4v) is 5.15. The van der Waals surface area contributed by atoms with Crippen LogP contribution in [0.15, 0.2) is 76.7 Å². The van der Waals surface area contributed by atoms with E-state index >= 15 is 0 Å². The normalized spacial score (nSPS) is 20.4. The third kappa shape index (κ3) is 3.79. The molecule has 1 aliphatic rings. The lowest BCUT2D eigenvalue weighted by Gasteiger charge is -2.16. The average Bonchev–Trinajstić information content (AvgIpc) is 3.51. The average molecular weight is 449 g/mol. The number of nitrogens with two attached hydrogens (primary N) is 3. The van der Waals surface area contributed by atoms with Gasteiger partial charge < -0.3 is 11.6 Å². The molecule has 1 saturated carbocycles. The number of primary sulfonamides is 1. The number of carbonyl (C=O) groups excluding carboxylic acids is 1. The maximum Gasteiger partial charge on any atom is 0.238 e. The molecule has 7 nitrogen and oxygen atoms in total. The molecule has 0 heterocycles. The Balaban J connectivity index is 1.72. The first kappa shape index (κ1) is 21.7. The molecular weight excluding hydrogens is 424 g/mol. The fourth-order valence-electron chi connectivity index (χ4n) is 4.41. The lowest BCUT2D eigenvalue weighted by atomic mass is 9.88. The number of amides is 1. The van der Waals surface area contributed by atoms with Gasteiger partial charge >= 0.3 is 0 Å². The fraction of sp³-hybridized carbons (Fsp3) is 0.167. The van der Waals surface area contributed by atoms with Crippen molar-refractivity contribution in [1.82, 2.24) is 0 Å². The minimum atomic E-state index is -3.89. The van der Waals surface area contributed by atoms with Crippen LogP contribution in [-0.4, -0.2) is 20.5 Å². The summed E-state index contributed by atoms with van der Waals surface area (Å²) in [5.74, 6) is 4.80. The Hall–Kier alpha value is -3.49. The van der Waals surface area contributed by atoms with E-state index in [1.807, 2.05) is 43.3 Å². The minimum Gasteiger partial charge on any atom is -0.369 e.